The highest BCUT2D eigenvalue weighted by molar-refractivity contribution is 7.17. The molecule has 0 amide bonds. The van der Waals surface area contributed by atoms with Crippen LogP contribution in [-0.2, 0) is 6.42 Å². The van der Waals surface area contributed by atoms with Gasteiger partial charge in [-0.2, -0.15) is 0 Å². The van der Waals surface area contributed by atoms with Crippen LogP contribution in [0.3, 0.4) is 0 Å². The first-order chi connectivity index (χ1) is 8.74. The Morgan fingerprint density at radius 3 is 3.00 bits per heavy atom. The quantitative estimate of drug-likeness (QED) is 0.638. The molecule has 3 atom stereocenters. The van der Waals surface area contributed by atoms with E-state index in [1.807, 2.05) is 11.3 Å². The van der Waals surface area contributed by atoms with E-state index in [-0.39, 0.29) is 0 Å². The van der Waals surface area contributed by atoms with E-state index in [1.165, 1.54) is 34.9 Å². The third-order valence-corrected chi connectivity index (χ3v) is 5.78. The molecule has 0 aliphatic heterocycles. The molecule has 1 aromatic carbocycles. The minimum absolute atomic E-state index is 0.375. The van der Waals surface area contributed by atoms with E-state index in [2.05, 4.69) is 36.6 Å². The van der Waals surface area contributed by atoms with E-state index in [0.717, 1.165) is 12.3 Å². The fourth-order valence-electron chi connectivity index (χ4n) is 3.15. The standard InChI is InChI=1S/C16H19ClS/c1-11-6-7-15(17)12(8-11)9-13-10-18-16-5-3-2-4-14(13)16/h2-5,10-12,15H,6-9H2,1H3. The van der Waals surface area contributed by atoms with Gasteiger partial charge in [0.25, 0.3) is 0 Å². The molecule has 2 heteroatoms. The number of thiophene rings is 1. The fourth-order valence-corrected chi connectivity index (χ4v) is 4.44. The lowest BCUT2D eigenvalue weighted by molar-refractivity contribution is 0.288. The van der Waals surface area contributed by atoms with Crippen molar-refractivity contribution < 1.29 is 0 Å². The predicted octanol–water partition coefficient (Wildman–Crippen LogP) is 5.49. The summed E-state index contributed by atoms with van der Waals surface area (Å²) in [7, 11) is 0. The summed E-state index contributed by atoms with van der Waals surface area (Å²) < 4.78 is 1.41. The summed E-state index contributed by atoms with van der Waals surface area (Å²) in [5, 5.41) is 4.14. The number of fused-ring (bicyclic) bond motifs is 1. The van der Waals surface area contributed by atoms with Gasteiger partial charge < -0.3 is 0 Å². The molecule has 0 spiro atoms. The second-order valence-electron chi connectivity index (χ2n) is 5.66. The van der Waals surface area contributed by atoms with Crippen molar-refractivity contribution >= 4 is 33.0 Å². The summed E-state index contributed by atoms with van der Waals surface area (Å²) in [4.78, 5) is 0. The molecule has 2 aromatic rings. The predicted molar refractivity (Wildman–Crippen MR) is 81.7 cm³/mol. The molecule has 0 radical (unpaired) electrons. The number of hydrogen-bond donors (Lipinski definition) is 0. The van der Waals surface area contributed by atoms with Gasteiger partial charge in [-0.3, -0.25) is 0 Å². The molecule has 0 saturated heterocycles. The highest BCUT2D eigenvalue weighted by Crippen LogP contribution is 2.37. The smallest absolute Gasteiger partial charge is 0.0367 e. The lowest BCUT2D eigenvalue weighted by Gasteiger charge is -2.31. The van der Waals surface area contributed by atoms with Gasteiger partial charge in [0.1, 0.15) is 0 Å². The summed E-state index contributed by atoms with van der Waals surface area (Å²) in [6.07, 6.45) is 4.94. The van der Waals surface area contributed by atoms with Gasteiger partial charge in [-0.05, 0) is 59.9 Å². The molecular weight excluding hydrogens is 260 g/mol. The maximum absolute atomic E-state index is 6.52. The van der Waals surface area contributed by atoms with E-state index in [0.29, 0.717) is 11.3 Å². The van der Waals surface area contributed by atoms with E-state index >= 15 is 0 Å². The van der Waals surface area contributed by atoms with Crippen molar-refractivity contribution in [3.63, 3.8) is 0 Å². The first-order valence-corrected chi connectivity index (χ1v) is 8.15. The zero-order chi connectivity index (χ0) is 12.5. The zero-order valence-corrected chi connectivity index (χ0v) is 12.3. The molecule has 0 nitrogen and oxygen atoms in total. The van der Waals surface area contributed by atoms with E-state index in [1.54, 1.807) is 0 Å². The van der Waals surface area contributed by atoms with Gasteiger partial charge in [-0.25, -0.2) is 0 Å². The van der Waals surface area contributed by atoms with Crippen LogP contribution < -0.4 is 0 Å². The number of benzene rings is 1. The largest absolute Gasteiger partial charge is 0.144 e. The normalized spacial score (nSPS) is 28.7. The first kappa shape index (κ1) is 12.5. The van der Waals surface area contributed by atoms with E-state index in [4.69, 9.17) is 11.6 Å². The lowest BCUT2D eigenvalue weighted by atomic mass is 9.79. The topological polar surface area (TPSA) is 0 Å². The first-order valence-electron chi connectivity index (χ1n) is 6.83. The van der Waals surface area contributed by atoms with Crippen molar-refractivity contribution in [2.24, 2.45) is 11.8 Å². The maximum atomic E-state index is 6.52. The highest BCUT2D eigenvalue weighted by atomic mass is 35.5. The van der Waals surface area contributed by atoms with Crippen LogP contribution in [0.1, 0.15) is 31.7 Å². The van der Waals surface area contributed by atoms with Crippen molar-refractivity contribution in [1.82, 2.24) is 0 Å². The van der Waals surface area contributed by atoms with Crippen molar-refractivity contribution in [2.75, 3.05) is 0 Å². The monoisotopic (exact) mass is 278 g/mol. The average molecular weight is 279 g/mol. The molecule has 1 heterocycles. The van der Waals surface area contributed by atoms with Crippen molar-refractivity contribution in [1.29, 1.82) is 0 Å². The lowest BCUT2D eigenvalue weighted by Crippen LogP contribution is -2.25. The van der Waals surface area contributed by atoms with Crippen LogP contribution in [0.5, 0.6) is 0 Å². The molecular formula is C16H19ClS. The molecule has 1 fully saturated rings. The van der Waals surface area contributed by atoms with Gasteiger partial charge in [0.15, 0.2) is 0 Å². The van der Waals surface area contributed by atoms with Gasteiger partial charge in [0.2, 0.25) is 0 Å². The average Bonchev–Trinajstić information content (AvgIpc) is 2.78. The Morgan fingerprint density at radius 2 is 2.11 bits per heavy atom. The van der Waals surface area contributed by atoms with Gasteiger partial charge in [0.05, 0.1) is 0 Å². The molecule has 18 heavy (non-hydrogen) atoms. The van der Waals surface area contributed by atoms with Crippen LogP contribution in [0.25, 0.3) is 10.1 Å². The van der Waals surface area contributed by atoms with Crippen LogP contribution in [0.4, 0.5) is 0 Å². The molecule has 0 N–H and O–H groups in total. The second-order valence-corrected chi connectivity index (χ2v) is 7.13. The minimum atomic E-state index is 0.375. The van der Waals surface area contributed by atoms with Crippen LogP contribution in [0.15, 0.2) is 29.6 Å². The van der Waals surface area contributed by atoms with Crippen LogP contribution >= 0.6 is 22.9 Å². The third kappa shape index (κ3) is 2.44. The second kappa shape index (κ2) is 5.22. The van der Waals surface area contributed by atoms with Crippen molar-refractivity contribution in [3.8, 4) is 0 Å². The Kier molecular flexibility index (Phi) is 3.63. The molecule has 96 valence electrons. The summed E-state index contributed by atoms with van der Waals surface area (Å²) in [6.45, 7) is 2.36. The van der Waals surface area contributed by atoms with Gasteiger partial charge in [0, 0.05) is 10.1 Å². The Morgan fingerprint density at radius 1 is 1.28 bits per heavy atom. The molecule has 3 rings (SSSR count). The molecule has 3 unspecified atom stereocenters. The number of alkyl halides is 1. The van der Waals surface area contributed by atoms with E-state index in [9.17, 15) is 0 Å². The van der Waals surface area contributed by atoms with Crippen LogP contribution in [-0.4, -0.2) is 5.38 Å². The van der Waals surface area contributed by atoms with E-state index < -0.39 is 0 Å². The third-order valence-electron chi connectivity index (χ3n) is 4.20. The Hall–Kier alpha value is -0.530. The van der Waals surface area contributed by atoms with Gasteiger partial charge >= 0.3 is 0 Å². The highest BCUT2D eigenvalue weighted by Gasteiger charge is 2.27. The molecule has 1 aromatic heterocycles. The number of rotatable bonds is 2. The summed E-state index contributed by atoms with van der Waals surface area (Å²) in [6, 6.07) is 8.72. The zero-order valence-electron chi connectivity index (χ0n) is 10.7. The SMILES string of the molecule is CC1CCC(Cl)C(Cc2csc3ccccc23)C1. The fraction of sp³-hybridized carbons (Fsp3) is 0.500. The molecule has 0 bridgehead atoms. The maximum Gasteiger partial charge on any atom is 0.0367 e. The number of hydrogen-bond acceptors (Lipinski definition) is 1. The number of halogens is 1. The summed E-state index contributed by atoms with van der Waals surface area (Å²) in [5.74, 6) is 1.50. The minimum Gasteiger partial charge on any atom is -0.144 e. The van der Waals surface area contributed by atoms with Gasteiger partial charge in [-0.15, -0.1) is 22.9 Å². The molecule has 1 aliphatic carbocycles. The Balaban J connectivity index is 1.83. The molecule has 1 aliphatic rings. The van der Waals surface area contributed by atoms with Crippen LogP contribution in [0, 0.1) is 11.8 Å². The van der Waals surface area contributed by atoms with Crippen molar-refractivity contribution in [2.45, 2.75) is 38.0 Å². The summed E-state index contributed by atoms with van der Waals surface area (Å²) in [5.41, 5.74) is 1.50. The molecule has 1 saturated carbocycles. The Labute approximate surface area is 118 Å². The Bertz CT molecular complexity index is 531. The van der Waals surface area contributed by atoms with Gasteiger partial charge in [-0.1, -0.05) is 25.1 Å². The van der Waals surface area contributed by atoms with Crippen LogP contribution in [0.2, 0.25) is 0 Å². The van der Waals surface area contributed by atoms with Crippen molar-refractivity contribution in [3.05, 3.63) is 35.2 Å². The summed E-state index contributed by atoms with van der Waals surface area (Å²) >= 11 is 8.38.